The van der Waals surface area contributed by atoms with Crippen LogP contribution in [0.25, 0.3) is 0 Å². The van der Waals surface area contributed by atoms with Crippen molar-refractivity contribution in [1.82, 2.24) is 5.43 Å². The van der Waals surface area contributed by atoms with Crippen molar-refractivity contribution in [2.24, 2.45) is 5.84 Å². The minimum absolute atomic E-state index is 0.252. The van der Waals surface area contributed by atoms with Gasteiger partial charge in [-0.1, -0.05) is 35.0 Å². The second-order valence-electron chi connectivity index (χ2n) is 2.68. The average molecular weight is 229 g/mol. The molecule has 0 saturated carbocycles. The van der Waals surface area contributed by atoms with E-state index >= 15 is 0 Å². The Balaban J connectivity index is 2.85. The van der Waals surface area contributed by atoms with E-state index in [0.717, 1.165) is 10.9 Å². The third-order valence-corrected chi connectivity index (χ3v) is 2.35. The van der Waals surface area contributed by atoms with Gasteiger partial charge < -0.3 is 0 Å². The molecule has 0 heterocycles. The fourth-order valence-electron chi connectivity index (χ4n) is 1.17. The fraction of sp³-hybridized carbons (Fsp3) is 0.333. The number of hydrogen-bond donors (Lipinski definition) is 2. The second kappa shape index (κ2) is 4.60. The van der Waals surface area contributed by atoms with E-state index in [1.54, 1.807) is 0 Å². The summed E-state index contributed by atoms with van der Waals surface area (Å²) in [7, 11) is 0. The number of nitrogens with two attached hydrogens (primary N) is 1. The summed E-state index contributed by atoms with van der Waals surface area (Å²) in [6, 6.07) is 8.42. The van der Waals surface area contributed by atoms with Crippen LogP contribution in [0, 0.1) is 0 Å². The molecule has 0 aliphatic rings. The highest BCUT2D eigenvalue weighted by Crippen LogP contribution is 2.19. The van der Waals surface area contributed by atoms with Crippen LogP contribution in [0.15, 0.2) is 28.7 Å². The molecule has 0 aliphatic carbocycles. The van der Waals surface area contributed by atoms with Gasteiger partial charge in [-0.05, 0) is 24.1 Å². The predicted octanol–water partition coefficient (Wildman–Crippen LogP) is 2.36. The molecular formula is C9H13BrN2. The largest absolute Gasteiger partial charge is 0.271 e. The molecule has 1 atom stereocenters. The zero-order valence-corrected chi connectivity index (χ0v) is 8.64. The highest BCUT2D eigenvalue weighted by Gasteiger charge is 2.05. The molecule has 3 heteroatoms. The first-order chi connectivity index (χ1) is 5.77. The van der Waals surface area contributed by atoms with Crippen molar-refractivity contribution >= 4 is 15.9 Å². The van der Waals surface area contributed by atoms with Crippen LogP contribution in [0.4, 0.5) is 0 Å². The lowest BCUT2D eigenvalue weighted by Crippen LogP contribution is -2.27. The van der Waals surface area contributed by atoms with Gasteiger partial charge in [0.25, 0.3) is 0 Å². The van der Waals surface area contributed by atoms with Gasteiger partial charge in [0.2, 0.25) is 0 Å². The summed E-state index contributed by atoms with van der Waals surface area (Å²) in [5, 5.41) is 0. The number of nitrogens with one attached hydrogen (secondary N) is 1. The lowest BCUT2D eigenvalue weighted by Gasteiger charge is -2.13. The van der Waals surface area contributed by atoms with Crippen LogP contribution in [-0.4, -0.2) is 0 Å². The van der Waals surface area contributed by atoms with Gasteiger partial charge in [0, 0.05) is 10.5 Å². The van der Waals surface area contributed by atoms with Gasteiger partial charge >= 0.3 is 0 Å². The Bertz CT molecular complexity index is 246. The molecule has 0 aliphatic heterocycles. The van der Waals surface area contributed by atoms with E-state index < -0.39 is 0 Å². The molecule has 1 aromatic carbocycles. The van der Waals surface area contributed by atoms with Crippen LogP contribution in [-0.2, 0) is 0 Å². The van der Waals surface area contributed by atoms with Crippen LogP contribution >= 0.6 is 15.9 Å². The number of rotatable bonds is 3. The van der Waals surface area contributed by atoms with Crippen LogP contribution in [0.2, 0.25) is 0 Å². The van der Waals surface area contributed by atoms with Crippen molar-refractivity contribution in [3.63, 3.8) is 0 Å². The van der Waals surface area contributed by atoms with Crippen LogP contribution in [0.5, 0.6) is 0 Å². The summed E-state index contributed by atoms with van der Waals surface area (Å²) >= 11 is 3.42. The Morgan fingerprint density at radius 3 is 2.83 bits per heavy atom. The first-order valence-electron chi connectivity index (χ1n) is 3.99. The maximum atomic E-state index is 5.40. The fourth-order valence-corrected chi connectivity index (χ4v) is 1.59. The van der Waals surface area contributed by atoms with Crippen molar-refractivity contribution in [3.8, 4) is 0 Å². The highest BCUT2D eigenvalue weighted by atomic mass is 79.9. The molecule has 0 amide bonds. The van der Waals surface area contributed by atoms with E-state index in [2.05, 4.69) is 40.4 Å². The summed E-state index contributed by atoms with van der Waals surface area (Å²) in [6.45, 7) is 2.10. The quantitative estimate of drug-likeness (QED) is 0.616. The van der Waals surface area contributed by atoms with Gasteiger partial charge in [-0.25, -0.2) is 0 Å². The average Bonchev–Trinajstić information content (AvgIpc) is 2.07. The van der Waals surface area contributed by atoms with Crippen LogP contribution in [0.3, 0.4) is 0 Å². The normalized spacial score (nSPS) is 12.9. The number of hydrazine groups is 1. The van der Waals surface area contributed by atoms with Crippen molar-refractivity contribution in [2.45, 2.75) is 19.4 Å². The van der Waals surface area contributed by atoms with E-state index in [-0.39, 0.29) is 6.04 Å². The van der Waals surface area contributed by atoms with E-state index in [1.807, 2.05) is 12.1 Å². The van der Waals surface area contributed by atoms with E-state index in [0.29, 0.717) is 0 Å². The molecule has 1 aromatic rings. The molecule has 1 rings (SSSR count). The van der Waals surface area contributed by atoms with Gasteiger partial charge in [-0.15, -0.1) is 0 Å². The summed E-state index contributed by atoms with van der Waals surface area (Å²) in [5.74, 6) is 5.40. The molecule has 0 bridgehead atoms. The molecule has 3 N–H and O–H groups in total. The second-order valence-corrected chi connectivity index (χ2v) is 3.60. The monoisotopic (exact) mass is 228 g/mol. The topological polar surface area (TPSA) is 38.0 Å². The third kappa shape index (κ3) is 2.30. The zero-order valence-electron chi connectivity index (χ0n) is 7.05. The maximum Gasteiger partial charge on any atom is 0.0457 e. The van der Waals surface area contributed by atoms with Crippen molar-refractivity contribution in [3.05, 3.63) is 34.3 Å². The summed E-state index contributed by atoms with van der Waals surface area (Å²) in [4.78, 5) is 0. The molecule has 0 radical (unpaired) electrons. The minimum atomic E-state index is 0.252. The molecule has 0 fully saturated rings. The van der Waals surface area contributed by atoms with Crippen molar-refractivity contribution in [1.29, 1.82) is 0 Å². The Kier molecular flexibility index (Phi) is 3.72. The number of hydrogen-bond acceptors (Lipinski definition) is 2. The van der Waals surface area contributed by atoms with Gasteiger partial charge in [-0.3, -0.25) is 11.3 Å². The molecule has 0 aromatic heterocycles. The lowest BCUT2D eigenvalue weighted by molar-refractivity contribution is 0.539. The molecule has 0 unspecified atom stereocenters. The third-order valence-electron chi connectivity index (χ3n) is 1.86. The van der Waals surface area contributed by atoms with E-state index in [1.165, 1.54) is 5.56 Å². The van der Waals surface area contributed by atoms with Crippen LogP contribution < -0.4 is 11.3 Å². The van der Waals surface area contributed by atoms with Gasteiger partial charge in [0.1, 0.15) is 0 Å². The van der Waals surface area contributed by atoms with Gasteiger partial charge in [0.05, 0.1) is 0 Å². The van der Waals surface area contributed by atoms with Gasteiger partial charge in [-0.2, -0.15) is 0 Å². The Hall–Kier alpha value is -0.380. The van der Waals surface area contributed by atoms with Crippen molar-refractivity contribution < 1.29 is 0 Å². The molecule has 66 valence electrons. The number of halogens is 1. The summed E-state index contributed by atoms with van der Waals surface area (Å²) in [6.07, 6.45) is 0.993. The summed E-state index contributed by atoms with van der Waals surface area (Å²) in [5.41, 5.74) is 3.99. The Morgan fingerprint density at radius 2 is 2.33 bits per heavy atom. The smallest absolute Gasteiger partial charge is 0.0457 e. The SMILES string of the molecule is CC[C@@H](NN)c1cccc(Br)c1. The molecule has 2 nitrogen and oxygen atoms in total. The van der Waals surface area contributed by atoms with Crippen LogP contribution in [0.1, 0.15) is 24.9 Å². The number of benzene rings is 1. The van der Waals surface area contributed by atoms with Gasteiger partial charge in [0.15, 0.2) is 0 Å². The minimum Gasteiger partial charge on any atom is -0.271 e. The highest BCUT2D eigenvalue weighted by molar-refractivity contribution is 9.10. The lowest BCUT2D eigenvalue weighted by atomic mass is 10.1. The Labute approximate surface area is 81.3 Å². The van der Waals surface area contributed by atoms with E-state index in [9.17, 15) is 0 Å². The molecular weight excluding hydrogens is 216 g/mol. The summed E-state index contributed by atoms with van der Waals surface area (Å²) < 4.78 is 1.09. The van der Waals surface area contributed by atoms with Crippen molar-refractivity contribution in [2.75, 3.05) is 0 Å². The first kappa shape index (κ1) is 9.71. The maximum absolute atomic E-state index is 5.40. The first-order valence-corrected chi connectivity index (χ1v) is 4.78. The molecule has 0 spiro atoms. The predicted molar refractivity (Wildman–Crippen MR) is 54.5 cm³/mol. The molecule has 0 saturated heterocycles. The molecule has 12 heavy (non-hydrogen) atoms. The standard InChI is InChI=1S/C9H13BrN2/c1-2-9(12-11)7-4-3-5-8(10)6-7/h3-6,9,12H,2,11H2,1H3/t9-/m1/s1. The Morgan fingerprint density at radius 1 is 1.58 bits per heavy atom. The zero-order chi connectivity index (χ0) is 8.97. The van der Waals surface area contributed by atoms with E-state index in [4.69, 9.17) is 5.84 Å².